The number of urea groups is 1. The van der Waals surface area contributed by atoms with E-state index in [0.717, 1.165) is 23.5 Å². The average molecular weight is 452 g/mol. The van der Waals surface area contributed by atoms with Crippen LogP contribution in [0.1, 0.15) is 39.5 Å². The van der Waals surface area contributed by atoms with Crippen LogP contribution < -0.4 is 20.1 Å². The number of nitrogens with one attached hydrogen (secondary N) is 2. The van der Waals surface area contributed by atoms with Crippen molar-refractivity contribution in [2.75, 3.05) is 18.5 Å². The maximum atomic E-state index is 12.9. The van der Waals surface area contributed by atoms with Crippen LogP contribution in [-0.4, -0.2) is 41.4 Å². The number of imide groups is 1. The fourth-order valence-electron chi connectivity index (χ4n) is 4.27. The summed E-state index contributed by atoms with van der Waals surface area (Å²) in [7, 11) is 0. The second kappa shape index (κ2) is 9.52. The first kappa shape index (κ1) is 22.6. The van der Waals surface area contributed by atoms with Gasteiger partial charge in [0.2, 0.25) is 5.91 Å². The first-order chi connectivity index (χ1) is 15.9. The van der Waals surface area contributed by atoms with Crippen LogP contribution in [0.3, 0.4) is 0 Å². The summed E-state index contributed by atoms with van der Waals surface area (Å²) in [5.74, 6) is 1.87. The van der Waals surface area contributed by atoms with Crippen molar-refractivity contribution in [2.45, 2.75) is 45.1 Å². The van der Waals surface area contributed by atoms with Crippen LogP contribution in [0.4, 0.5) is 10.5 Å². The summed E-state index contributed by atoms with van der Waals surface area (Å²) in [5, 5.41) is 5.57. The number of hydrogen-bond acceptors (Lipinski definition) is 5. The van der Waals surface area contributed by atoms with Gasteiger partial charge >= 0.3 is 6.03 Å². The zero-order chi connectivity index (χ0) is 23.4. The maximum absolute atomic E-state index is 12.9. The van der Waals surface area contributed by atoms with Gasteiger partial charge in [-0.05, 0) is 87.1 Å². The number of ether oxygens (including phenoxy) is 2. The largest absolute Gasteiger partial charge is 0.494 e. The molecule has 0 bridgehead atoms. The lowest BCUT2D eigenvalue weighted by molar-refractivity contribution is -0.135. The summed E-state index contributed by atoms with van der Waals surface area (Å²) in [6.07, 6.45) is 3.01. The molecule has 0 atom stereocenters. The van der Waals surface area contributed by atoms with Crippen molar-refractivity contribution in [3.63, 3.8) is 0 Å². The molecular formula is C25H29N3O5. The normalized spacial score (nSPS) is 22.2. The molecule has 1 aliphatic carbocycles. The number of carbonyl (C=O) groups excluding carboxylic acids is 3. The van der Waals surface area contributed by atoms with E-state index in [4.69, 9.17) is 9.47 Å². The molecule has 2 aromatic rings. The van der Waals surface area contributed by atoms with Gasteiger partial charge in [0.05, 0.1) is 6.61 Å². The van der Waals surface area contributed by atoms with Gasteiger partial charge in [-0.2, -0.15) is 0 Å². The molecule has 2 fully saturated rings. The molecule has 2 aromatic carbocycles. The monoisotopic (exact) mass is 451 g/mol. The summed E-state index contributed by atoms with van der Waals surface area (Å²) >= 11 is 0. The predicted octanol–water partition coefficient (Wildman–Crippen LogP) is 4.32. The molecule has 1 heterocycles. The second-order valence-corrected chi connectivity index (χ2v) is 8.67. The van der Waals surface area contributed by atoms with Crippen LogP contribution in [0.2, 0.25) is 0 Å². The molecule has 33 heavy (non-hydrogen) atoms. The quantitative estimate of drug-likeness (QED) is 0.611. The van der Waals surface area contributed by atoms with Crippen molar-refractivity contribution in [2.24, 2.45) is 5.92 Å². The number of rotatable bonds is 7. The van der Waals surface area contributed by atoms with Crippen molar-refractivity contribution >= 4 is 23.5 Å². The Morgan fingerprint density at radius 3 is 2.21 bits per heavy atom. The van der Waals surface area contributed by atoms with Gasteiger partial charge in [0.15, 0.2) is 0 Å². The molecular weight excluding hydrogens is 422 g/mol. The molecule has 174 valence electrons. The van der Waals surface area contributed by atoms with Crippen LogP contribution in [0, 0.1) is 5.92 Å². The van der Waals surface area contributed by atoms with Crippen molar-refractivity contribution in [3.8, 4) is 17.2 Å². The lowest BCUT2D eigenvalue weighted by Crippen LogP contribution is -2.49. The smallest absolute Gasteiger partial charge is 0.325 e. The van der Waals surface area contributed by atoms with Gasteiger partial charge in [0, 0.05) is 5.69 Å². The summed E-state index contributed by atoms with van der Waals surface area (Å²) in [6.45, 7) is 4.36. The minimum atomic E-state index is -0.844. The van der Waals surface area contributed by atoms with Crippen LogP contribution in [0.5, 0.6) is 17.2 Å². The third kappa shape index (κ3) is 5.10. The van der Waals surface area contributed by atoms with Gasteiger partial charge in [-0.1, -0.05) is 6.92 Å². The number of amides is 4. The summed E-state index contributed by atoms with van der Waals surface area (Å²) in [6, 6.07) is 13.7. The van der Waals surface area contributed by atoms with E-state index < -0.39 is 17.5 Å². The summed E-state index contributed by atoms with van der Waals surface area (Å²) in [5.41, 5.74) is -0.295. The Bertz CT molecular complexity index is 1010. The summed E-state index contributed by atoms with van der Waals surface area (Å²) in [4.78, 5) is 38.8. The zero-order valence-corrected chi connectivity index (χ0v) is 18.9. The Morgan fingerprint density at radius 2 is 1.61 bits per heavy atom. The number of anilines is 1. The lowest BCUT2D eigenvalue weighted by atomic mass is 9.77. The molecule has 8 heteroatoms. The molecule has 1 spiro atoms. The minimum Gasteiger partial charge on any atom is -0.494 e. The first-order valence-corrected chi connectivity index (χ1v) is 11.3. The molecule has 4 amide bonds. The Labute approximate surface area is 193 Å². The Morgan fingerprint density at radius 1 is 1.03 bits per heavy atom. The van der Waals surface area contributed by atoms with Gasteiger partial charge < -0.3 is 20.1 Å². The van der Waals surface area contributed by atoms with Crippen molar-refractivity contribution in [3.05, 3.63) is 48.5 Å². The molecule has 1 saturated carbocycles. The molecule has 1 aliphatic heterocycles. The first-order valence-electron chi connectivity index (χ1n) is 11.3. The highest BCUT2D eigenvalue weighted by atomic mass is 16.5. The van der Waals surface area contributed by atoms with Gasteiger partial charge in [0.1, 0.15) is 29.3 Å². The fourth-order valence-corrected chi connectivity index (χ4v) is 4.27. The molecule has 0 radical (unpaired) electrons. The summed E-state index contributed by atoms with van der Waals surface area (Å²) < 4.78 is 11.2. The number of benzene rings is 2. The van der Waals surface area contributed by atoms with Gasteiger partial charge in [0.25, 0.3) is 5.91 Å². The minimum absolute atomic E-state index is 0.298. The van der Waals surface area contributed by atoms with Gasteiger partial charge in [-0.25, -0.2) is 4.79 Å². The van der Waals surface area contributed by atoms with Crippen LogP contribution in [-0.2, 0) is 9.59 Å². The van der Waals surface area contributed by atoms with Crippen LogP contribution in [0.15, 0.2) is 48.5 Å². The number of nitrogens with zero attached hydrogens (tertiary/aromatic N) is 1. The van der Waals surface area contributed by atoms with Crippen molar-refractivity contribution < 1.29 is 23.9 Å². The topological polar surface area (TPSA) is 97.0 Å². The van der Waals surface area contributed by atoms with E-state index >= 15 is 0 Å². The average Bonchev–Trinajstić information content (AvgIpc) is 3.03. The second-order valence-electron chi connectivity index (χ2n) is 8.67. The third-order valence-corrected chi connectivity index (χ3v) is 6.18. The molecule has 8 nitrogen and oxygen atoms in total. The molecule has 1 saturated heterocycles. The standard InChI is InChI=1S/C25H29N3O5/c1-3-32-19-8-10-21(11-9-19)33-20-6-4-18(5-7-20)26-22(29)16-28-23(30)25(27-24(28)31)14-12-17(2)13-15-25/h4-11,17H,3,12-16H2,1-2H3,(H,26,29)(H,27,31). The van der Waals surface area contributed by atoms with Crippen LogP contribution >= 0.6 is 0 Å². The SMILES string of the molecule is CCOc1ccc(Oc2ccc(NC(=O)CN3C(=O)NC4(CCC(C)CC4)C3=O)cc2)cc1. The third-order valence-electron chi connectivity index (χ3n) is 6.18. The van der Waals surface area contributed by atoms with E-state index in [1.165, 1.54) is 0 Å². The zero-order valence-electron chi connectivity index (χ0n) is 18.9. The number of hydrogen-bond donors (Lipinski definition) is 2. The van der Waals surface area contributed by atoms with E-state index in [1.54, 1.807) is 24.3 Å². The van der Waals surface area contributed by atoms with Gasteiger partial charge in [-0.15, -0.1) is 0 Å². The fraction of sp³-hybridized carbons (Fsp3) is 0.400. The lowest BCUT2D eigenvalue weighted by Gasteiger charge is -2.33. The van der Waals surface area contributed by atoms with E-state index in [2.05, 4.69) is 17.6 Å². The van der Waals surface area contributed by atoms with E-state index in [0.29, 0.717) is 42.6 Å². The van der Waals surface area contributed by atoms with E-state index in [1.807, 2.05) is 31.2 Å². The Balaban J connectivity index is 1.31. The molecule has 4 rings (SSSR count). The van der Waals surface area contributed by atoms with E-state index in [9.17, 15) is 14.4 Å². The Hall–Kier alpha value is -3.55. The Kier molecular flexibility index (Phi) is 6.53. The van der Waals surface area contributed by atoms with Gasteiger partial charge in [-0.3, -0.25) is 14.5 Å². The highest BCUT2D eigenvalue weighted by molar-refractivity contribution is 6.10. The highest BCUT2D eigenvalue weighted by Crippen LogP contribution is 2.36. The molecule has 2 N–H and O–H groups in total. The van der Waals surface area contributed by atoms with Crippen molar-refractivity contribution in [1.29, 1.82) is 0 Å². The van der Waals surface area contributed by atoms with Crippen LogP contribution in [0.25, 0.3) is 0 Å². The predicted molar refractivity (Wildman–Crippen MR) is 123 cm³/mol. The van der Waals surface area contributed by atoms with Crippen molar-refractivity contribution in [1.82, 2.24) is 10.2 Å². The molecule has 0 aromatic heterocycles. The number of carbonyl (C=O) groups is 3. The van der Waals surface area contributed by atoms with E-state index in [-0.39, 0.29) is 12.5 Å². The molecule has 2 aliphatic rings. The molecule has 0 unspecified atom stereocenters. The highest BCUT2D eigenvalue weighted by Gasteiger charge is 2.52. The maximum Gasteiger partial charge on any atom is 0.325 e.